The summed E-state index contributed by atoms with van der Waals surface area (Å²) < 4.78 is 5.60. The van der Waals surface area contributed by atoms with Crippen LogP contribution in [0.5, 0.6) is 11.6 Å². The van der Waals surface area contributed by atoms with E-state index in [0.717, 1.165) is 11.3 Å². The summed E-state index contributed by atoms with van der Waals surface area (Å²) in [6, 6.07) is 12.8. The second-order valence-corrected chi connectivity index (χ2v) is 4.97. The molecule has 2 aromatic rings. The Morgan fingerprint density at radius 1 is 1.36 bits per heavy atom. The van der Waals surface area contributed by atoms with Gasteiger partial charge in [0.25, 0.3) is 0 Å². The highest BCUT2D eigenvalue weighted by molar-refractivity contribution is 5.47. The predicted octanol–water partition coefficient (Wildman–Crippen LogP) is 3.77. The van der Waals surface area contributed by atoms with Crippen LogP contribution in [0.25, 0.3) is 0 Å². The molecule has 2 N–H and O–H groups in total. The van der Waals surface area contributed by atoms with Crippen molar-refractivity contribution in [1.29, 1.82) is 5.26 Å². The molecule has 1 heterocycles. The van der Waals surface area contributed by atoms with Gasteiger partial charge < -0.3 is 15.2 Å². The molecule has 0 atom stereocenters. The van der Waals surface area contributed by atoms with Crippen LogP contribution in [0.4, 0.5) is 5.69 Å². The first-order chi connectivity index (χ1) is 10.6. The van der Waals surface area contributed by atoms with E-state index in [1.165, 1.54) is 12.3 Å². The standard InChI is InChI=1S/C17H17N3O2/c1-12(2)15-11-20-17(21)8-16(15)22-14(9-18)10-19-13-6-4-3-5-7-13/h3-8,10-12,19H,1-2H3,(H,20,21)/b14-10+. The number of allylic oxidation sites excluding steroid dienone is 1. The number of pyridine rings is 1. The fraction of sp³-hybridized carbons (Fsp3) is 0.176. The van der Waals surface area contributed by atoms with E-state index in [1.54, 1.807) is 6.20 Å². The maximum Gasteiger partial charge on any atom is 0.219 e. The van der Waals surface area contributed by atoms with Gasteiger partial charge in [-0.15, -0.1) is 0 Å². The monoisotopic (exact) mass is 295 g/mol. The van der Waals surface area contributed by atoms with Gasteiger partial charge in [0.2, 0.25) is 11.6 Å². The summed E-state index contributed by atoms with van der Waals surface area (Å²) in [6.45, 7) is 3.97. The Hall–Kier alpha value is -3.00. The molecular formula is C17H17N3O2. The zero-order valence-electron chi connectivity index (χ0n) is 12.4. The van der Waals surface area contributed by atoms with Crippen molar-refractivity contribution in [2.45, 2.75) is 19.8 Å². The highest BCUT2D eigenvalue weighted by atomic mass is 16.5. The minimum atomic E-state index is -0.146. The summed E-state index contributed by atoms with van der Waals surface area (Å²) in [5.41, 5.74) is 1.67. The molecule has 5 heteroatoms. The number of benzene rings is 1. The largest absolute Gasteiger partial charge is 0.493 e. The van der Waals surface area contributed by atoms with Gasteiger partial charge in [-0.05, 0) is 18.1 Å². The molecule has 0 unspecified atom stereocenters. The summed E-state index contributed by atoms with van der Waals surface area (Å²) in [4.78, 5) is 3.85. The number of anilines is 1. The van der Waals surface area contributed by atoms with E-state index >= 15 is 0 Å². The van der Waals surface area contributed by atoms with Crippen molar-refractivity contribution in [3.8, 4) is 17.7 Å². The smallest absolute Gasteiger partial charge is 0.219 e. The van der Waals surface area contributed by atoms with Gasteiger partial charge in [0, 0.05) is 23.5 Å². The van der Waals surface area contributed by atoms with Crippen LogP contribution in [0.3, 0.4) is 0 Å². The summed E-state index contributed by atoms with van der Waals surface area (Å²) >= 11 is 0. The third-order valence-corrected chi connectivity index (χ3v) is 2.98. The summed E-state index contributed by atoms with van der Waals surface area (Å²) in [6.07, 6.45) is 3.03. The summed E-state index contributed by atoms with van der Waals surface area (Å²) in [7, 11) is 0. The molecule has 0 bridgehead atoms. The molecule has 0 radical (unpaired) electrons. The second kappa shape index (κ2) is 7.14. The third kappa shape index (κ3) is 4.00. The number of nitrogens with zero attached hydrogens (tertiary/aromatic N) is 2. The molecule has 1 aromatic carbocycles. The van der Waals surface area contributed by atoms with Gasteiger partial charge in [0.05, 0.1) is 6.20 Å². The van der Waals surface area contributed by atoms with E-state index < -0.39 is 0 Å². The molecule has 0 aliphatic heterocycles. The van der Waals surface area contributed by atoms with Crippen LogP contribution in [-0.2, 0) is 0 Å². The minimum absolute atomic E-state index is 0.0938. The molecule has 0 spiro atoms. The molecule has 0 fully saturated rings. The number of nitrogens with one attached hydrogen (secondary N) is 1. The summed E-state index contributed by atoms with van der Waals surface area (Å²) in [5.74, 6) is 0.527. The molecule has 112 valence electrons. The van der Waals surface area contributed by atoms with Gasteiger partial charge in [0.1, 0.15) is 11.8 Å². The van der Waals surface area contributed by atoms with Crippen LogP contribution in [-0.4, -0.2) is 10.1 Å². The van der Waals surface area contributed by atoms with E-state index in [1.807, 2.05) is 50.2 Å². The van der Waals surface area contributed by atoms with E-state index in [4.69, 9.17) is 4.74 Å². The zero-order chi connectivity index (χ0) is 15.9. The van der Waals surface area contributed by atoms with Gasteiger partial charge in [-0.1, -0.05) is 32.0 Å². The van der Waals surface area contributed by atoms with Crippen LogP contribution < -0.4 is 10.1 Å². The number of rotatable bonds is 5. The fourth-order valence-corrected chi connectivity index (χ4v) is 1.85. The molecule has 0 aliphatic rings. The number of hydrogen-bond donors (Lipinski definition) is 2. The highest BCUT2D eigenvalue weighted by Crippen LogP contribution is 2.29. The number of aromatic hydroxyl groups is 1. The van der Waals surface area contributed by atoms with Crippen LogP contribution in [0.15, 0.2) is 54.6 Å². The summed E-state index contributed by atoms with van der Waals surface area (Å²) in [5, 5.41) is 21.7. The molecule has 22 heavy (non-hydrogen) atoms. The number of aromatic nitrogens is 1. The Labute approximate surface area is 129 Å². The first-order valence-electron chi connectivity index (χ1n) is 6.88. The molecule has 1 aromatic heterocycles. The Balaban J connectivity index is 2.20. The SMILES string of the molecule is CC(C)c1cnc(O)cc1O/C(C#N)=C/Nc1ccccc1. The van der Waals surface area contributed by atoms with Crippen molar-refractivity contribution < 1.29 is 9.84 Å². The van der Waals surface area contributed by atoms with E-state index in [2.05, 4.69) is 10.3 Å². The van der Waals surface area contributed by atoms with Gasteiger partial charge >= 0.3 is 0 Å². The van der Waals surface area contributed by atoms with Crippen LogP contribution in [0, 0.1) is 11.3 Å². The van der Waals surface area contributed by atoms with Gasteiger partial charge in [0.15, 0.2) is 0 Å². The topological polar surface area (TPSA) is 78.2 Å². The molecule has 0 saturated carbocycles. The lowest BCUT2D eigenvalue weighted by molar-refractivity contribution is 0.418. The van der Waals surface area contributed by atoms with E-state index in [0.29, 0.717) is 5.75 Å². The van der Waals surface area contributed by atoms with Crippen LogP contribution in [0.2, 0.25) is 0 Å². The highest BCUT2D eigenvalue weighted by Gasteiger charge is 2.12. The maximum atomic E-state index is 9.50. The van der Waals surface area contributed by atoms with Crippen molar-refractivity contribution in [2.75, 3.05) is 5.32 Å². The number of para-hydroxylation sites is 1. The molecule has 5 nitrogen and oxygen atoms in total. The molecular weight excluding hydrogens is 278 g/mol. The first-order valence-corrected chi connectivity index (χ1v) is 6.88. The van der Waals surface area contributed by atoms with Crippen LogP contribution in [0.1, 0.15) is 25.3 Å². The Bertz CT molecular complexity index is 704. The molecule has 0 aliphatic carbocycles. The Morgan fingerprint density at radius 2 is 2.09 bits per heavy atom. The van der Waals surface area contributed by atoms with E-state index in [-0.39, 0.29) is 17.6 Å². The third-order valence-electron chi connectivity index (χ3n) is 2.98. The Morgan fingerprint density at radius 3 is 2.73 bits per heavy atom. The van der Waals surface area contributed by atoms with Crippen LogP contribution >= 0.6 is 0 Å². The lowest BCUT2D eigenvalue weighted by Gasteiger charge is -2.12. The molecule has 0 amide bonds. The fourth-order valence-electron chi connectivity index (χ4n) is 1.85. The van der Waals surface area contributed by atoms with Crippen molar-refractivity contribution in [1.82, 2.24) is 4.98 Å². The van der Waals surface area contributed by atoms with Crippen molar-refractivity contribution in [3.63, 3.8) is 0 Å². The van der Waals surface area contributed by atoms with Gasteiger partial charge in [-0.25, -0.2) is 4.98 Å². The average molecular weight is 295 g/mol. The van der Waals surface area contributed by atoms with Crippen molar-refractivity contribution in [3.05, 3.63) is 60.1 Å². The van der Waals surface area contributed by atoms with Crippen molar-refractivity contribution in [2.24, 2.45) is 0 Å². The number of nitriles is 1. The van der Waals surface area contributed by atoms with Gasteiger partial charge in [-0.2, -0.15) is 5.26 Å². The first kappa shape index (κ1) is 15.4. The molecule has 0 saturated heterocycles. The van der Waals surface area contributed by atoms with Gasteiger partial charge in [-0.3, -0.25) is 0 Å². The van der Waals surface area contributed by atoms with Crippen molar-refractivity contribution >= 4 is 5.69 Å². The lowest BCUT2D eigenvalue weighted by atomic mass is 10.1. The second-order valence-electron chi connectivity index (χ2n) is 4.97. The number of hydrogen-bond acceptors (Lipinski definition) is 5. The maximum absolute atomic E-state index is 9.50. The quantitative estimate of drug-likeness (QED) is 0.648. The number of ether oxygens (including phenoxy) is 1. The minimum Gasteiger partial charge on any atom is -0.493 e. The van der Waals surface area contributed by atoms with E-state index in [9.17, 15) is 10.4 Å². The Kier molecular flexibility index (Phi) is 4.99. The predicted molar refractivity (Wildman–Crippen MR) is 84.4 cm³/mol. The average Bonchev–Trinajstić information content (AvgIpc) is 2.52. The zero-order valence-corrected chi connectivity index (χ0v) is 12.4. The molecule has 2 rings (SSSR count). The lowest BCUT2D eigenvalue weighted by Crippen LogP contribution is -2.01. The normalized spacial score (nSPS) is 11.1.